The lowest BCUT2D eigenvalue weighted by atomic mass is 9.93. The second-order valence-corrected chi connectivity index (χ2v) is 6.49. The van der Waals surface area contributed by atoms with Crippen LogP contribution in [0.5, 0.6) is 0 Å². The molecule has 6 heteroatoms. The molecule has 1 fully saturated rings. The van der Waals surface area contributed by atoms with Crippen molar-refractivity contribution >= 4 is 17.2 Å². The van der Waals surface area contributed by atoms with Crippen LogP contribution < -0.4 is 0 Å². The lowest BCUT2D eigenvalue weighted by molar-refractivity contribution is -0.132. The highest BCUT2D eigenvalue weighted by Gasteiger charge is 2.24. The number of rotatable bonds is 4. The third-order valence-electron chi connectivity index (χ3n) is 4.03. The molecule has 2 aromatic heterocycles. The van der Waals surface area contributed by atoms with Gasteiger partial charge in [0.05, 0.1) is 5.01 Å². The van der Waals surface area contributed by atoms with Crippen molar-refractivity contribution in [2.24, 2.45) is 0 Å². The zero-order valence-electron chi connectivity index (χ0n) is 12.2. The minimum atomic E-state index is 0.255. The third-order valence-corrected chi connectivity index (χ3v) is 5.06. The van der Waals surface area contributed by atoms with E-state index in [1.54, 1.807) is 17.5 Å². The number of nitrogens with zero attached hydrogens (tertiary/aromatic N) is 3. The highest BCUT2D eigenvalue weighted by Crippen LogP contribution is 2.26. The van der Waals surface area contributed by atoms with Gasteiger partial charge in [0.2, 0.25) is 5.91 Å². The van der Waals surface area contributed by atoms with Gasteiger partial charge in [-0.3, -0.25) is 9.89 Å². The average Bonchev–Trinajstić information content (AvgIpc) is 3.16. The Bertz CT molecular complexity index is 585. The number of aryl methyl sites for hydroxylation is 2. The molecular weight excluding hydrogens is 284 g/mol. The number of H-pyrrole nitrogens is 1. The van der Waals surface area contributed by atoms with Gasteiger partial charge in [0.1, 0.15) is 0 Å². The molecule has 112 valence electrons. The van der Waals surface area contributed by atoms with Gasteiger partial charge in [-0.1, -0.05) is 0 Å². The van der Waals surface area contributed by atoms with Gasteiger partial charge in [-0.2, -0.15) is 5.10 Å². The summed E-state index contributed by atoms with van der Waals surface area (Å²) < 4.78 is 0. The summed E-state index contributed by atoms with van der Waals surface area (Å²) in [6.45, 7) is 3.68. The Hall–Kier alpha value is -1.69. The highest BCUT2D eigenvalue weighted by molar-refractivity contribution is 7.09. The van der Waals surface area contributed by atoms with E-state index in [0.29, 0.717) is 12.3 Å². The van der Waals surface area contributed by atoms with Crippen molar-refractivity contribution in [3.8, 4) is 0 Å². The smallest absolute Gasteiger partial charge is 0.222 e. The Morgan fingerprint density at radius 3 is 2.90 bits per heavy atom. The van der Waals surface area contributed by atoms with E-state index < -0.39 is 0 Å². The number of likely N-dealkylation sites (tertiary alicyclic amines) is 1. The molecule has 1 aliphatic heterocycles. The molecule has 1 N–H and O–H groups in total. The largest absolute Gasteiger partial charge is 0.343 e. The maximum absolute atomic E-state index is 12.3. The molecule has 3 heterocycles. The van der Waals surface area contributed by atoms with Crippen LogP contribution in [0.15, 0.2) is 17.6 Å². The summed E-state index contributed by atoms with van der Waals surface area (Å²) >= 11 is 1.64. The Labute approximate surface area is 128 Å². The van der Waals surface area contributed by atoms with E-state index in [1.807, 2.05) is 23.3 Å². The second-order valence-electron chi connectivity index (χ2n) is 5.55. The Balaban J connectivity index is 1.46. The molecular formula is C15H20N4OS. The normalized spacial score (nSPS) is 16.3. The molecule has 0 spiro atoms. The van der Waals surface area contributed by atoms with Crippen molar-refractivity contribution in [3.63, 3.8) is 0 Å². The van der Waals surface area contributed by atoms with Crippen LogP contribution in [-0.4, -0.2) is 39.1 Å². The van der Waals surface area contributed by atoms with Gasteiger partial charge in [-0.15, -0.1) is 11.3 Å². The van der Waals surface area contributed by atoms with Crippen LogP contribution in [-0.2, 0) is 11.2 Å². The van der Waals surface area contributed by atoms with Crippen molar-refractivity contribution in [2.45, 2.75) is 38.5 Å². The monoisotopic (exact) mass is 304 g/mol. The number of carbonyl (C=O) groups excluding carboxylic acids is 1. The van der Waals surface area contributed by atoms with Crippen molar-refractivity contribution in [3.05, 3.63) is 34.0 Å². The first-order valence-electron chi connectivity index (χ1n) is 7.40. The first kappa shape index (κ1) is 14.3. The molecule has 0 unspecified atom stereocenters. The zero-order chi connectivity index (χ0) is 14.7. The number of hydrogen-bond donors (Lipinski definition) is 1. The number of piperidine rings is 1. The number of aromatic nitrogens is 3. The first-order valence-corrected chi connectivity index (χ1v) is 8.28. The fourth-order valence-corrected chi connectivity index (χ4v) is 3.60. The molecule has 1 aliphatic rings. The predicted octanol–water partition coefficient (Wildman–Crippen LogP) is 2.51. The van der Waals surface area contributed by atoms with Crippen molar-refractivity contribution < 1.29 is 4.79 Å². The van der Waals surface area contributed by atoms with Crippen LogP contribution >= 0.6 is 11.3 Å². The van der Waals surface area contributed by atoms with Gasteiger partial charge in [0.25, 0.3) is 0 Å². The molecule has 3 rings (SSSR count). The van der Waals surface area contributed by atoms with Gasteiger partial charge >= 0.3 is 0 Å². The summed E-state index contributed by atoms with van der Waals surface area (Å²) in [5.41, 5.74) is 2.24. The molecule has 0 aromatic carbocycles. The number of amides is 1. The lowest BCUT2D eigenvalue weighted by Gasteiger charge is -2.31. The average molecular weight is 304 g/mol. The van der Waals surface area contributed by atoms with E-state index in [-0.39, 0.29) is 5.91 Å². The molecule has 0 radical (unpaired) electrons. The number of nitrogens with one attached hydrogen (secondary N) is 1. The molecule has 0 atom stereocenters. The molecule has 0 aliphatic carbocycles. The summed E-state index contributed by atoms with van der Waals surface area (Å²) in [5, 5.41) is 10.1. The molecule has 2 aromatic rings. The van der Waals surface area contributed by atoms with E-state index in [9.17, 15) is 4.79 Å². The van der Waals surface area contributed by atoms with E-state index in [1.165, 1.54) is 5.69 Å². The minimum Gasteiger partial charge on any atom is -0.343 e. The molecule has 1 amide bonds. The Kier molecular flexibility index (Phi) is 4.34. The fourth-order valence-electron chi connectivity index (χ4n) is 2.82. The predicted molar refractivity (Wildman–Crippen MR) is 82.3 cm³/mol. The van der Waals surface area contributed by atoms with Gasteiger partial charge in [-0.25, -0.2) is 4.98 Å². The van der Waals surface area contributed by atoms with E-state index >= 15 is 0 Å². The van der Waals surface area contributed by atoms with E-state index in [0.717, 1.165) is 43.1 Å². The molecule has 0 bridgehead atoms. The Morgan fingerprint density at radius 2 is 2.29 bits per heavy atom. The number of aromatic amines is 1. The highest BCUT2D eigenvalue weighted by atomic mass is 32.1. The van der Waals surface area contributed by atoms with Crippen LogP contribution in [0.1, 0.15) is 41.6 Å². The molecule has 1 saturated heterocycles. The summed E-state index contributed by atoms with van der Waals surface area (Å²) in [4.78, 5) is 18.7. The summed E-state index contributed by atoms with van der Waals surface area (Å²) in [6.07, 6.45) is 5.16. The van der Waals surface area contributed by atoms with Crippen LogP contribution in [0.2, 0.25) is 0 Å². The minimum absolute atomic E-state index is 0.255. The second kappa shape index (κ2) is 6.39. The van der Waals surface area contributed by atoms with Crippen molar-refractivity contribution in [1.29, 1.82) is 0 Å². The third kappa shape index (κ3) is 3.50. The van der Waals surface area contributed by atoms with E-state index in [4.69, 9.17) is 0 Å². The standard InChI is InChI=1S/C15H20N4OS/c1-11-10-21-14(17-11)2-3-15(20)19-8-5-12(6-9-19)13-4-7-16-18-13/h4,7,10,12H,2-3,5-6,8-9H2,1H3,(H,16,18). The SMILES string of the molecule is Cc1csc(CCC(=O)N2CCC(c3ccn[nH]3)CC2)n1. The number of thiazole rings is 1. The number of hydrogen-bond acceptors (Lipinski definition) is 4. The summed E-state index contributed by atoms with van der Waals surface area (Å²) in [6, 6.07) is 2.03. The van der Waals surface area contributed by atoms with Gasteiger partial charge in [0.15, 0.2) is 0 Å². The lowest BCUT2D eigenvalue weighted by Crippen LogP contribution is -2.38. The van der Waals surface area contributed by atoms with Crippen LogP contribution in [0.3, 0.4) is 0 Å². The first-order chi connectivity index (χ1) is 10.2. The van der Waals surface area contributed by atoms with Crippen molar-refractivity contribution in [2.75, 3.05) is 13.1 Å². The van der Waals surface area contributed by atoms with Crippen LogP contribution in [0, 0.1) is 6.92 Å². The Morgan fingerprint density at radius 1 is 1.48 bits per heavy atom. The fraction of sp³-hybridized carbons (Fsp3) is 0.533. The zero-order valence-corrected chi connectivity index (χ0v) is 13.0. The van der Waals surface area contributed by atoms with Crippen molar-refractivity contribution in [1.82, 2.24) is 20.1 Å². The summed E-state index contributed by atoms with van der Waals surface area (Å²) in [5.74, 6) is 0.768. The van der Waals surface area contributed by atoms with Gasteiger partial charge in [0, 0.05) is 54.8 Å². The maximum Gasteiger partial charge on any atom is 0.222 e. The maximum atomic E-state index is 12.3. The summed E-state index contributed by atoms with van der Waals surface area (Å²) in [7, 11) is 0. The van der Waals surface area contributed by atoms with Gasteiger partial charge in [-0.05, 0) is 25.8 Å². The van der Waals surface area contributed by atoms with Crippen LogP contribution in [0.4, 0.5) is 0 Å². The topological polar surface area (TPSA) is 61.9 Å². The molecule has 0 saturated carbocycles. The number of carbonyl (C=O) groups is 1. The molecule has 21 heavy (non-hydrogen) atoms. The van der Waals surface area contributed by atoms with Crippen LogP contribution in [0.25, 0.3) is 0 Å². The molecule has 5 nitrogen and oxygen atoms in total. The van der Waals surface area contributed by atoms with E-state index in [2.05, 4.69) is 15.2 Å². The quantitative estimate of drug-likeness (QED) is 0.944. The van der Waals surface area contributed by atoms with Gasteiger partial charge < -0.3 is 4.90 Å².